The van der Waals surface area contributed by atoms with Crippen LogP contribution < -0.4 is 5.32 Å². The van der Waals surface area contributed by atoms with Crippen LogP contribution in [0.1, 0.15) is 19.3 Å². The zero-order valence-electron chi connectivity index (χ0n) is 10.9. The Balaban J connectivity index is 1.76. The third kappa shape index (κ3) is 2.29. The molecule has 0 aliphatic heterocycles. The topological polar surface area (TPSA) is 66.4 Å². The van der Waals surface area contributed by atoms with Gasteiger partial charge in [-0.2, -0.15) is 0 Å². The molecule has 4 atom stereocenters. The fourth-order valence-electron chi connectivity index (χ4n) is 3.78. The molecular weight excluding hydrogens is 278 g/mol. The molecule has 2 aliphatic carbocycles. The lowest BCUT2D eigenvalue weighted by atomic mass is 9.78. The van der Waals surface area contributed by atoms with Gasteiger partial charge in [0.25, 0.3) is 0 Å². The maximum atomic E-state index is 12.4. The van der Waals surface area contributed by atoms with Crippen LogP contribution in [0.4, 0.5) is 5.69 Å². The summed E-state index contributed by atoms with van der Waals surface area (Å²) in [5, 5.41) is 12.8. The first-order valence-electron chi connectivity index (χ1n) is 6.85. The van der Waals surface area contributed by atoms with Crippen molar-refractivity contribution in [2.45, 2.75) is 19.3 Å². The SMILES string of the molecule is O=C(Nc1ccc(Cl)cc1)[C@@H]1[C@@H]2CC[C@@H](C2)[C@@H]1C(=O)O. The summed E-state index contributed by atoms with van der Waals surface area (Å²) in [4.78, 5) is 23.8. The van der Waals surface area contributed by atoms with E-state index in [0.29, 0.717) is 10.7 Å². The second kappa shape index (κ2) is 5.09. The van der Waals surface area contributed by atoms with Crippen molar-refractivity contribution in [1.82, 2.24) is 0 Å². The van der Waals surface area contributed by atoms with Gasteiger partial charge in [0, 0.05) is 10.7 Å². The average molecular weight is 294 g/mol. The molecule has 0 aromatic heterocycles. The van der Waals surface area contributed by atoms with E-state index in [4.69, 9.17) is 11.6 Å². The van der Waals surface area contributed by atoms with Gasteiger partial charge >= 0.3 is 5.97 Å². The molecule has 2 aliphatic rings. The number of hydrogen-bond donors (Lipinski definition) is 2. The molecule has 2 bridgehead atoms. The Morgan fingerprint density at radius 1 is 1.10 bits per heavy atom. The molecule has 5 heteroatoms. The number of anilines is 1. The first-order chi connectivity index (χ1) is 9.56. The van der Waals surface area contributed by atoms with Gasteiger partial charge in [0.2, 0.25) is 5.91 Å². The van der Waals surface area contributed by atoms with Crippen LogP contribution in [0.2, 0.25) is 5.02 Å². The Hall–Kier alpha value is -1.55. The fraction of sp³-hybridized carbons (Fsp3) is 0.467. The quantitative estimate of drug-likeness (QED) is 0.900. The van der Waals surface area contributed by atoms with Gasteiger partial charge in [0.15, 0.2) is 0 Å². The number of nitrogens with one attached hydrogen (secondary N) is 1. The van der Waals surface area contributed by atoms with E-state index in [1.54, 1.807) is 24.3 Å². The molecule has 0 saturated heterocycles. The summed E-state index contributed by atoms with van der Waals surface area (Å²) in [6, 6.07) is 6.85. The number of carboxylic acid groups (broad SMARTS) is 1. The van der Waals surface area contributed by atoms with Crippen molar-refractivity contribution in [3.8, 4) is 0 Å². The number of carboxylic acids is 1. The number of halogens is 1. The zero-order chi connectivity index (χ0) is 14.3. The molecule has 0 unspecified atom stereocenters. The molecule has 2 N–H and O–H groups in total. The Labute approximate surface area is 122 Å². The second-order valence-electron chi connectivity index (χ2n) is 5.72. The van der Waals surface area contributed by atoms with Gasteiger partial charge in [-0.1, -0.05) is 11.6 Å². The summed E-state index contributed by atoms with van der Waals surface area (Å²) in [5.41, 5.74) is 0.659. The molecule has 0 heterocycles. The van der Waals surface area contributed by atoms with Crippen molar-refractivity contribution in [1.29, 1.82) is 0 Å². The van der Waals surface area contributed by atoms with Crippen LogP contribution in [0.5, 0.6) is 0 Å². The van der Waals surface area contributed by atoms with Crippen molar-refractivity contribution in [2.75, 3.05) is 5.32 Å². The van der Waals surface area contributed by atoms with Crippen molar-refractivity contribution < 1.29 is 14.7 Å². The van der Waals surface area contributed by atoms with Crippen LogP contribution in [0, 0.1) is 23.7 Å². The summed E-state index contributed by atoms with van der Waals surface area (Å²) < 4.78 is 0. The minimum atomic E-state index is -0.839. The van der Waals surface area contributed by atoms with Gasteiger partial charge in [-0.05, 0) is 55.4 Å². The van der Waals surface area contributed by atoms with Gasteiger partial charge < -0.3 is 10.4 Å². The standard InChI is InChI=1S/C15H16ClNO3/c16-10-3-5-11(6-4-10)17-14(18)12-8-1-2-9(7-8)13(12)15(19)20/h3-6,8-9,12-13H,1-2,7H2,(H,17,18)(H,19,20)/t8-,9+,12-,13+/m1/s1. The first kappa shape index (κ1) is 13.4. The van der Waals surface area contributed by atoms with E-state index in [1.165, 1.54) is 0 Å². The Morgan fingerprint density at radius 2 is 1.70 bits per heavy atom. The van der Waals surface area contributed by atoms with Crippen LogP contribution in [0.3, 0.4) is 0 Å². The third-order valence-corrected chi connectivity index (χ3v) is 4.87. The van der Waals surface area contributed by atoms with Crippen LogP contribution in [0.25, 0.3) is 0 Å². The number of carbonyl (C=O) groups is 2. The van der Waals surface area contributed by atoms with Gasteiger partial charge in [0.1, 0.15) is 0 Å². The number of rotatable bonds is 3. The molecule has 4 nitrogen and oxygen atoms in total. The number of amides is 1. The van der Waals surface area contributed by atoms with Crippen LogP contribution >= 0.6 is 11.6 Å². The lowest BCUT2D eigenvalue weighted by Crippen LogP contribution is -2.37. The van der Waals surface area contributed by atoms with Crippen molar-refractivity contribution in [2.24, 2.45) is 23.7 Å². The Bertz CT molecular complexity index is 543. The second-order valence-corrected chi connectivity index (χ2v) is 6.16. The predicted octanol–water partition coefficient (Wildman–Crippen LogP) is 3.03. The summed E-state index contributed by atoms with van der Waals surface area (Å²) in [6.45, 7) is 0. The molecule has 20 heavy (non-hydrogen) atoms. The number of carbonyl (C=O) groups excluding carboxylic acids is 1. The van der Waals surface area contributed by atoms with Crippen LogP contribution in [-0.4, -0.2) is 17.0 Å². The Kier molecular flexibility index (Phi) is 3.42. The predicted molar refractivity (Wildman–Crippen MR) is 75.5 cm³/mol. The first-order valence-corrected chi connectivity index (χ1v) is 7.23. The van der Waals surface area contributed by atoms with E-state index < -0.39 is 17.8 Å². The molecule has 0 spiro atoms. The smallest absolute Gasteiger partial charge is 0.307 e. The molecule has 1 aromatic carbocycles. The molecule has 106 valence electrons. The van der Waals surface area contributed by atoms with Crippen molar-refractivity contribution in [3.05, 3.63) is 29.3 Å². The van der Waals surface area contributed by atoms with Crippen LogP contribution in [-0.2, 0) is 9.59 Å². The third-order valence-electron chi connectivity index (χ3n) is 4.62. The molecular formula is C15H16ClNO3. The van der Waals surface area contributed by atoms with E-state index in [1.807, 2.05) is 0 Å². The maximum absolute atomic E-state index is 12.4. The molecule has 2 saturated carbocycles. The molecule has 2 fully saturated rings. The normalized spacial score (nSPS) is 31.2. The number of aliphatic carboxylic acids is 1. The van der Waals surface area contributed by atoms with Crippen molar-refractivity contribution in [3.63, 3.8) is 0 Å². The minimum absolute atomic E-state index is 0.165. The van der Waals surface area contributed by atoms with Crippen molar-refractivity contribution >= 4 is 29.2 Å². The number of hydrogen-bond acceptors (Lipinski definition) is 2. The van der Waals surface area contributed by atoms with E-state index in [-0.39, 0.29) is 17.7 Å². The molecule has 1 aromatic rings. The maximum Gasteiger partial charge on any atom is 0.307 e. The van der Waals surface area contributed by atoms with Gasteiger partial charge in [-0.3, -0.25) is 9.59 Å². The summed E-state index contributed by atoms with van der Waals surface area (Å²) in [7, 11) is 0. The molecule has 0 radical (unpaired) electrons. The molecule has 3 rings (SSSR count). The highest BCUT2D eigenvalue weighted by molar-refractivity contribution is 6.30. The zero-order valence-corrected chi connectivity index (χ0v) is 11.6. The van der Waals surface area contributed by atoms with Crippen LogP contribution in [0.15, 0.2) is 24.3 Å². The highest BCUT2D eigenvalue weighted by atomic mass is 35.5. The van der Waals surface area contributed by atoms with E-state index >= 15 is 0 Å². The van der Waals surface area contributed by atoms with E-state index in [2.05, 4.69) is 5.32 Å². The lowest BCUT2D eigenvalue weighted by Gasteiger charge is -2.27. The number of fused-ring (bicyclic) bond motifs is 2. The van der Waals surface area contributed by atoms with E-state index in [0.717, 1.165) is 19.3 Å². The van der Waals surface area contributed by atoms with E-state index in [9.17, 15) is 14.7 Å². The van der Waals surface area contributed by atoms with Gasteiger partial charge in [0.05, 0.1) is 11.8 Å². The summed E-state index contributed by atoms with van der Waals surface area (Å²) in [5.74, 6) is -1.56. The average Bonchev–Trinajstić information content (AvgIpc) is 3.01. The lowest BCUT2D eigenvalue weighted by molar-refractivity contribution is -0.148. The Morgan fingerprint density at radius 3 is 2.30 bits per heavy atom. The highest BCUT2D eigenvalue weighted by Crippen LogP contribution is 2.52. The van der Waals surface area contributed by atoms with Gasteiger partial charge in [-0.25, -0.2) is 0 Å². The highest BCUT2D eigenvalue weighted by Gasteiger charge is 2.53. The summed E-state index contributed by atoms with van der Waals surface area (Å²) >= 11 is 5.80. The largest absolute Gasteiger partial charge is 0.481 e. The summed E-state index contributed by atoms with van der Waals surface area (Å²) in [6.07, 6.45) is 2.77. The fourth-order valence-corrected chi connectivity index (χ4v) is 3.91. The monoisotopic (exact) mass is 293 g/mol. The van der Waals surface area contributed by atoms with Gasteiger partial charge in [-0.15, -0.1) is 0 Å². The molecule has 1 amide bonds. The number of benzene rings is 1. The minimum Gasteiger partial charge on any atom is -0.481 e.